The zero-order valence-corrected chi connectivity index (χ0v) is 16.1. The predicted octanol–water partition coefficient (Wildman–Crippen LogP) is 5.06. The molecule has 156 valence electrons. The lowest BCUT2D eigenvalue weighted by molar-refractivity contribution is -0.137. The van der Waals surface area contributed by atoms with E-state index in [0.717, 1.165) is 43.4 Å². The van der Waals surface area contributed by atoms with Gasteiger partial charge in [0, 0.05) is 24.1 Å². The van der Waals surface area contributed by atoms with Gasteiger partial charge in [-0.2, -0.15) is 13.2 Å². The second-order valence-electron chi connectivity index (χ2n) is 7.27. The normalized spacial score (nSPS) is 19.6. The number of pyridine rings is 1. The number of aromatic nitrogens is 1. The Hall–Kier alpha value is -2.61. The van der Waals surface area contributed by atoms with Gasteiger partial charge in [-0.25, -0.2) is 4.79 Å². The molecule has 0 unspecified atom stereocenters. The summed E-state index contributed by atoms with van der Waals surface area (Å²) >= 11 is 0. The number of carbonyl (C=O) groups excluding carboxylic acids is 1. The molecule has 1 aliphatic rings. The van der Waals surface area contributed by atoms with Crippen LogP contribution in [-0.2, 0) is 17.5 Å². The molecule has 2 aromatic rings. The SMILES string of the molecule is Cc1ccc(C(F)(F)F)cc1NC(=O)NC1CCC(OCc2ccncc2)CC1. The average Bonchev–Trinajstić information content (AvgIpc) is 2.69. The molecule has 1 aromatic carbocycles. The number of urea groups is 1. The molecule has 0 radical (unpaired) electrons. The van der Waals surface area contributed by atoms with Crippen molar-refractivity contribution >= 4 is 11.7 Å². The number of nitrogens with zero attached hydrogens (tertiary/aromatic N) is 1. The van der Waals surface area contributed by atoms with Gasteiger partial charge in [-0.1, -0.05) is 6.07 Å². The number of amides is 2. The number of carbonyl (C=O) groups is 1. The molecule has 1 fully saturated rings. The van der Waals surface area contributed by atoms with Gasteiger partial charge in [0.15, 0.2) is 0 Å². The van der Waals surface area contributed by atoms with Gasteiger partial charge in [0.2, 0.25) is 0 Å². The number of hydrogen-bond donors (Lipinski definition) is 2. The van der Waals surface area contributed by atoms with Crippen molar-refractivity contribution in [3.8, 4) is 0 Å². The van der Waals surface area contributed by atoms with Crippen molar-refractivity contribution in [1.29, 1.82) is 0 Å². The van der Waals surface area contributed by atoms with Crippen LogP contribution in [0.2, 0.25) is 0 Å². The molecule has 1 aromatic heterocycles. The number of halogens is 3. The first-order chi connectivity index (χ1) is 13.8. The molecule has 5 nitrogen and oxygen atoms in total. The Labute approximate surface area is 167 Å². The first-order valence-corrected chi connectivity index (χ1v) is 9.57. The first-order valence-electron chi connectivity index (χ1n) is 9.57. The molecule has 1 heterocycles. The number of benzene rings is 1. The van der Waals surface area contributed by atoms with E-state index >= 15 is 0 Å². The Bertz CT molecular complexity index is 820. The lowest BCUT2D eigenvalue weighted by Crippen LogP contribution is -2.41. The first kappa shape index (κ1) is 21.1. The summed E-state index contributed by atoms with van der Waals surface area (Å²) < 4.78 is 44.5. The third-order valence-corrected chi connectivity index (χ3v) is 5.06. The maximum atomic E-state index is 12.9. The number of nitrogens with one attached hydrogen (secondary N) is 2. The van der Waals surface area contributed by atoms with Crippen molar-refractivity contribution in [3.05, 3.63) is 59.4 Å². The lowest BCUT2D eigenvalue weighted by Gasteiger charge is -2.29. The van der Waals surface area contributed by atoms with Crippen molar-refractivity contribution in [2.45, 2.75) is 57.5 Å². The summed E-state index contributed by atoms with van der Waals surface area (Å²) in [6, 6.07) is 6.62. The molecule has 3 rings (SSSR count). The van der Waals surface area contributed by atoms with Crippen LogP contribution in [-0.4, -0.2) is 23.2 Å². The monoisotopic (exact) mass is 407 g/mol. The van der Waals surface area contributed by atoms with E-state index < -0.39 is 17.8 Å². The summed E-state index contributed by atoms with van der Waals surface area (Å²) in [4.78, 5) is 16.2. The molecule has 0 atom stereocenters. The van der Waals surface area contributed by atoms with Crippen LogP contribution in [0.25, 0.3) is 0 Å². The molecule has 0 spiro atoms. The Morgan fingerprint density at radius 3 is 2.48 bits per heavy atom. The molecule has 0 bridgehead atoms. The molecule has 8 heteroatoms. The average molecular weight is 407 g/mol. The van der Waals surface area contributed by atoms with Gasteiger partial charge in [-0.05, 0) is 68.0 Å². The van der Waals surface area contributed by atoms with Gasteiger partial charge in [0.1, 0.15) is 0 Å². The van der Waals surface area contributed by atoms with E-state index in [-0.39, 0.29) is 17.8 Å². The van der Waals surface area contributed by atoms with Crippen molar-refractivity contribution < 1.29 is 22.7 Å². The van der Waals surface area contributed by atoms with Crippen molar-refractivity contribution in [2.75, 3.05) is 5.32 Å². The third-order valence-electron chi connectivity index (χ3n) is 5.06. The topological polar surface area (TPSA) is 63.2 Å². The molecule has 2 N–H and O–H groups in total. The summed E-state index contributed by atoms with van der Waals surface area (Å²) in [6.45, 7) is 2.18. The largest absolute Gasteiger partial charge is 0.416 e. The van der Waals surface area contributed by atoms with Gasteiger partial charge < -0.3 is 15.4 Å². The second-order valence-corrected chi connectivity index (χ2v) is 7.27. The fourth-order valence-corrected chi connectivity index (χ4v) is 3.34. The highest BCUT2D eigenvalue weighted by molar-refractivity contribution is 5.90. The minimum absolute atomic E-state index is 0.0260. The molecular formula is C21H24F3N3O2. The quantitative estimate of drug-likeness (QED) is 0.728. The van der Waals surface area contributed by atoms with Crippen LogP contribution in [0.15, 0.2) is 42.7 Å². The fraction of sp³-hybridized carbons (Fsp3) is 0.429. The Kier molecular flexibility index (Phi) is 6.74. The van der Waals surface area contributed by atoms with Gasteiger partial charge in [-0.15, -0.1) is 0 Å². The Morgan fingerprint density at radius 2 is 1.83 bits per heavy atom. The zero-order valence-electron chi connectivity index (χ0n) is 16.1. The summed E-state index contributed by atoms with van der Waals surface area (Å²) in [7, 11) is 0. The molecule has 29 heavy (non-hydrogen) atoms. The predicted molar refractivity (Wildman–Crippen MR) is 103 cm³/mol. The van der Waals surface area contributed by atoms with Crippen LogP contribution < -0.4 is 10.6 Å². The number of rotatable bonds is 5. The second kappa shape index (κ2) is 9.26. The minimum atomic E-state index is -4.45. The molecule has 2 amide bonds. The molecule has 0 aliphatic heterocycles. The maximum absolute atomic E-state index is 12.9. The smallest absolute Gasteiger partial charge is 0.374 e. The van der Waals surface area contributed by atoms with Gasteiger partial charge in [0.05, 0.1) is 18.3 Å². The fourth-order valence-electron chi connectivity index (χ4n) is 3.34. The van der Waals surface area contributed by atoms with Crippen LogP contribution in [0.5, 0.6) is 0 Å². The van der Waals surface area contributed by atoms with Crippen molar-refractivity contribution in [3.63, 3.8) is 0 Å². The standard InChI is InChI=1S/C21H24F3N3O2/c1-14-2-3-16(21(22,23)24)12-19(14)27-20(28)26-17-4-6-18(7-5-17)29-13-15-8-10-25-11-9-15/h2-3,8-12,17-18H,4-7,13H2,1H3,(H2,26,27,28). The Balaban J connectivity index is 1.45. The third kappa shape index (κ3) is 6.19. The van der Waals surface area contributed by atoms with E-state index in [9.17, 15) is 18.0 Å². The highest BCUT2D eigenvalue weighted by atomic mass is 19.4. The van der Waals surface area contributed by atoms with E-state index in [1.54, 1.807) is 19.3 Å². The van der Waals surface area contributed by atoms with Gasteiger partial charge in [-0.3, -0.25) is 4.98 Å². The number of alkyl halides is 3. The van der Waals surface area contributed by atoms with Crippen molar-refractivity contribution in [1.82, 2.24) is 10.3 Å². The number of aryl methyl sites for hydroxylation is 1. The molecule has 0 saturated heterocycles. The van der Waals surface area contributed by atoms with Crippen LogP contribution in [0.1, 0.15) is 42.4 Å². The number of ether oxygens (including phenoxy) is 1. The summed E-state index contributed by atoms with van der Waals surface area (Å²) in [5.74, 6) is 0. The van der Waals surface area contributed by atoms with E-state index in [1.807, 2.05) is 12.1 Å². The van der Waals surface area contributed by atoms with Crippen LogP contribution in [0.3, 0.4) is 0 Å². The van der Waals surface area contributed by atoms with Crippen molar-refractivity contribution in [2.24, 2.45) is 0 Å². The Morgan fingerprint density at radius 1 is 1.14 bits per heavy atom. The lowest BCUT2D eigenvalue weighted by atomic mass is 9.93. The summed E-state index contributed by atoms with van der Waals surface area (Å²) in [5.41, 5.74) is 1.01. The van der Waals surface area contributed by atoms with E-state index in [2.05, 4.69) is 15.6 Å². The maximum Gasteiger partial charge on any atom is 0.416 e. The number of hydrogen-bond acceptors (Lipinski definition) is 3. The van der Waals surface area contributed by atoms with E-state index in [0.29, 0.717) is 12.2 Å². The van der Waals surface area contributed by atoms with Crippen LogP contribution in [0, 0.1) is 6.92 Å². The zero-order chi connectivity index (χ0) is 20.9. The summed E-state index contributed by atoms with van der Waals surface area (Å²) in [6.07, 6.45) is 2.29. The minimum Gasteiger partial charge on any atom is -0.374 e. The van der Waals surface area contributed by atoms with Gasteiger partial charge in [0.25, 0.3) is 0 Å². The highest BCUT2D eigenvalue weighted by Gasteiger charge is 2.31. The summed E-state index contributed by atoms with van der Waals surface area (Å²) in [5, 5.41) is 5.39. The molecule has 1 aliphatic carbocycles. The van der Waals surface area contributed by atoms with Crippen LogP contribution >= 0.6 is 0 Å². The van der Waals surface area contributed by atoms with Crippen LogP contribution in [0.4, 0.5) is 23.7 Å². The molecular weight excluding hydrogens is 383 g/mol. The number of anilines is 1. The van der Waals surface area contributed by atoms with E-state index in [1.165, 1.54) is 6.07 Å². The highest BCUT2D eigenvalue weighted by Crippen LogP contribution is 2.32. The molecule has 1 saturated carbocycles. The van der Waals surface area contributed by atoms with Gasteiger partial charge >= 0.3 is 12.2 Å². The van der Waals surface area contributed by atoms with E-state index in [4.69, 9.17) is 4.74 Å².